The van der Waals surface area contributed by atoms with Crippen molar-refractivity contribution in [2.24, 2.45) is 0 Å². The van der Waals surface area contributed by atoms with Gasteiger partial charge in [-0.25, -0.2) is 4.39 Å². The molecule has 0 atom stereocenters. The van der Waals surface area contributed by atoms with Crippen LogP contribution in [0.15, 0.2) is 54.6 Å². The molecule has 2 aromatic carbocycles. The molecule has 0 unspecified atom stereocenters. The smallest absolute Gasteiger partial charge is 0.123 e. The van der Waals surface area contributed by atoms with Crippen LogP contribution in [0.5, 0.6) is 5.75 Å². The van der Waals surface area contributed by atoms with E-state index in [0.29, 0.717) is 18.9 Å². The molecule has 3 heteroatoms. The Bertz CT molecular complexity index is 442. The monoisotopic (exact) mass is 231 g/mol. The Labute approximate surface area is 100 Å². The lowest BCUT2D eigenvalue weighted by molar-refractivity contribution is 0.332. The summed E-state index contributed by atoms with van der Waals surface area (Å²) >= 11 is 0. The molecule has 17 heavy (non-hydrogen) atoms. The SMILES string of the molecule is Fc1ccc(OCCNc2ccccc2)cc1. The minimum absolute atomic E-state index is 0.250. The van der Waals surface area contributed by atoms with E-state index in [0.717, 1.165) is 5.69 Å². The highest BCUT2D eigenvalue weighted by molar-refractivity contribution is 5.42. The van der Waals surface area contributed by atoms with Crippen molar-refractivity contribution in [3.8, 4) is 5.75 Å². The van der Waals surface area contributed by atoms with Gasteiger partial charge in [-0.2, -0.15) is 0 Å². The molecule has 0 bridgehead atoms. The molecule has 0 aliphatic carbocycles. The van der Waals surface area contributed by atoms with E-state index in [1.165, 1.54) is 12.1 Å². The van der Waals surface area contributed by atoms with Crippen LogP contribution in [-0.4, -0.2) is 13.2 Å². The molecule has 1 N–H and O–H groups in total. The van der Waals surface area contributed by atoms with Crippen molar-refractivity contribution in [2.75, 3.05) is 18.5 Å². The van der Waals surface area contributed by atoms with Crippen LogP contribution in [-0.2, 0) is 0 Å². The maximum absolute atomic E-state index is 12.6. The highest BCUT2D eigenvalue weighted by Gasteiger charge is 1.94. The molecule has 0 fully saturated rings. The zero-order valence-electron chi connectivity index (χ0n) is 9.40. The van der Waals surface area contributed by atoms with Gasteiger partial charge >= 0.3 is 0 Å². The van der Waals surface area contributed by atoms with Gasteiger partial charge in [-0.1, -0.05) is 18.2 Å². The summed E-state index contributed by atoms with van der Waals surface area (Å²) in [5, 5.41) is 3.23. The highest BCUT2D eigenvalue weighted by atomic mass is 19.1. The van der Waals surface area contributed by atoms with E-state index >= 15 is 0 Å². The summed E-state index contributed by atoms with van der Waals surface area (Å²) in [6.45, 7) is 1.25. The lowest BCUT2D eigenvalue weighted by Gasteiger charge is -2.08. The summed E-state index contributed by atoms with van der Waals surface area (Å²) in [4.78, 5) is 0. The molecule has 0 saturated carbocycles. The number of benzene rings is 2. The normalized spacial score (nSPS) is 9.94. The predicted octanol–water partition coefficient (Wildman–Crippen LogP) is 3.32. The van der Waals surface area contributed by atoms with Gasteiger partial charge in [0.2, 0.25) is 0 Å². The van der Waals surface area contributed by atoms with Crippen LogP contribution < -0.4 is 10.1 Å². The number of nitrogens with one attached hydrogen (secondary N) is 1. The molecule has 0 aliphatic heterocycles. The zero-order valence-corrected chi connectivity index (χ0v) is 9.40. The van der Waals surface area contributed by atoms with E-state index in [9.17, 15) is 4.39 Å². The summed E-state index contributed by atoms with van der Waals surface area (Å²) in [6.07, 6.45) is 0. The molecule has 88 valence electrons. The minimum Gasteiger partial charge on any atom is -0.492 e. The van der Waals surface area contributed by atoms with Crippen molar-refractivity contribution >= 4 is 5.69 Å². The number of anilines is 1. The summed E-state index contributed by atoms with van der Waals surface area (Å²) in [6, 6.07) is 15.9. The highest BCUT2D eigenvalue weighted by Crippen LogP contribution is 2.11. The fourth-order valence-corrected chi connectivity index (χ4v) is 1.45. The molecule has 2 nitrogen and oxygen atoms in total. The molecule has 0 spiro atoms. The van der Waals surface area contributed by atoms with Crippen molar-refractivity contribution in [3.63, 3.8) is 0 Å². The van der Waals surface area contributed by atoms with Crippen LogP contribution in [0.4, 0.5) is 10.1 Å². The van der Waals surface area contributed by atoms with Gasteiger partial charge in [0.25, 0.3) is 0 Å². The molecule has 2 rings (SSSR count). The van der Waals surface area contributed by atoms with Gasteiger partial charge in [0.1, 0.15) is 18.2 Å². The van der Waals surface area contributed by atoms with E-state index in [2.05, 4.69) is 5.32 Å². The number of rotatable bonds is 5. The molecule has 0 heterocycles. The Morgan fingerprint density at radius 1 is 0.941 bits per heavy atom. The Morgan fingerprint density at radius 2 is 1.65 bits per heavy atom. The molecule has 0 saturated heterocycles. The second-order valence-electron chi connectivity index (χ2n) is 3.60. The first kappa shape index (κ1) is 11.5. The Balaban J connectivity index is 1.71. The predicted molar refractivity (Wildman–Crippen MR) is 66.8 cm³/mol. The van der Waals surface area contributed by atoms with Gasteiger partial charge in [-0.15, -0.1) is 0 Å². The molecular formula is C14H14FNO. The van der Waals surface area contributed by atoms with Gasteiger partial charge in [-0.3, -0.25) is 0 Å². The number of para-hydroxylation sites is 1. The lowest BCUT2D eigenvalue weighted by atomic mass is 10.3. The first-order chi connectivity index (χ1) is 8.34. The first-order valence-electron chi connectivity index (χ1n) is 5.52. The third-order valence-electron chi connectivity index (χ3n) is 2.29. The van der Waals surface area contributed by atoms with E-state index in [1.807, 2.05) is 30.3 Å². The zero-order chi connectivity index (χ0) is 11.9. The fourth-order valence-electron chi connectivity index (χ4n) is 1.45. The van der Waals surface area contributed by atoms with Crippen LogP contribution in [0, 0.1) is 5.82 Å². The maximum Gasteiger partial charge on any atom is 0.123 e. The molecule has 2 aromatic rings. The summed E-state index contributed by atoms with van der Waals surface area (Å²) in [5.74, 6) is 0.432. The van der Waals surface area contributed by atoms with Crippen LogP contribution in [0.2, 0.25) is 0 Å². The Hall–Kier alpha value is -2.03. The summed E-state index contributed by atoms with van der Waals surface area (Å²) in [7, 11) is 0. The van der Waals surface area contributed by atoms with E-state index in [4.69, 9.17) is 4.74 Å². The number of halogens is 1. The van der Waals surface area contributed by atoms with Crippen LogP contribution in [0.1, 0.15) is 0 Å². The van der Waals surface area contributed by atoms with Gasteiger partial charge in [0, 0.05) is 12.2 Å². The van der Waals surface area contributed by atoms with Crippen molar-refractivity contribution in [2.45, 2.75) is 0 Å². The van der Waals surface area contributed by atoms with Gasteiger partial charge in [0.15, 0.2) is 0 Å². The Morgan fingerprint density at radius 3 is 2.35 bits per heavy atom. The second kappa shape index (κ2) is 5.89. The minimum atomic E-state index is -0.250. The maximum atomic E-state index is 12.6. The van der Waals surface area contributed by atoms with E-state index < -0.39 is 0 Å². The number of hydrogen-bond donors (Lipinski definition) is 1. The quantitative estimate of drug-likeness (QED) is 0.797. The fraction of sp³-hybridized carbons (Fsp3) is 0.143. The van der Waals surface area contributed by atoms with Crippen LogP contribution in [0.25, 0.3) is 0 Å². The summed E-state index contributed by atoms with van der Waals surface area (Å²) in [5.41, 5.74) is 1.07. The van der Waals surface area contributed by atoms with Crippen LogP contribution >= 0.6 is 0 Å². The average Bonchev–Trinajstić information content (AvgIpc) is 2.38. The molecular weight excluding hydrogens is 217 g/mol. The van der Waals surface area contributed by atoms with Crippen molar-refractivity contribution in [1.82, 2.24) is 0 Å². The number of hydrogen-bond acceptors (Lipinski definition) is 2. The molecule has 0 radical (unpaired) electrons. The molecule has 0 amide bonds. The lowest BCUT2D eigenvalue weighted by Crippen LogP contribution is -2.11. The van der Waals surface area contributed by atoms with Crippen molar-refractivity contribution in [1.29, 1.82) is 0 Å². The van der Waals surface area contributed by atoms with Gasteiger partial charge < -0.3 is 10.1 Å². The topological polar surface area (TPSA) is 21.3 Å². The van der Waals surface area contributed by atoms with Gasteiger partial charge in [-0.05, 0) is 36.4 Å². The van der Waals surface area contributed by atoms with E-state index in [1.54, 1.807) is 12.1 Å². The Kier molecular flexibility index (Phi) is 3.97. The van der Waals surface area contributed by atoms with Crippen molar-refractivity contribution in [3.05, 3.63) is 60.4 Å². The molecule has 0 aromatic heterocycles. The molecule has 0 aliphatic rings. The van der Waals surface area contributed by atoms with Crippen LogP contribution in [0.3, 0.4) is 0 Å². The van der Waals surface area contributed by atoms with Crippen molar-refractivity contribution < 1.29 is 9.13 Å². The largest absolute Gasteiger partial charge is 0.492 e. The third-order valence-corrected chi connectivity index (χ3v) is 2.29. The average molecular weight is 231 g/mol. The second-order valence-corrected chi connectivity index (χ2v) is 3.60. The number of ether oxygens (including phenoxy) is 1. The van der Waals surface area contributed by atoms with Gasteiger partial charge in [0.05, 0.1) is 0 Å². The van der Waals surface area contributed by atoms with E-state index in [-0.39, 0.29) is 5.82 Å². The first-order valence-corrected chi connectivity index (χ1v) is 5.52. The standard InChI is InChI=1S/C14H14FNO/c15-12-6-8-14(9-7-12)17-11-10-16-13-4-2-1-3-5-13/h1-9,16H,10-11H2. The third kappa shape index (κ3) is 3.79. The summed E-state index contributed by atoms with van der Waals surface area (Å²) < 4.78 is 18.1.